The fraction of sp³-hybridized carbons (Fsp3) is 0.238. The summed E-state index contributed by atoms with van der Waals surface area (Å²) in [6, 6.07) is 17.6. The smallest absolute Gasteiger partial charge is 0.267 e. The zero-order valence-electron chi connectivity index (χ0n) is 14.7. The van der Waals surface area contributed by atoms with E-state index in [1.54, 1.807) is 0 Å². The number of allylic oxidation sites excluding steroid dienone is 1. The number of nitrogens with zero attached hydrogens (tertiary/aromatic N) is 1. The Hall–Kier alpha value is -2.68. The molecular weight excluding hydrogens is 296 g/mol. The summed E-state index contributed by atoms with van der Waals surface area (Å²) in [5.74, 6) is -0.206. The molecule has 2 aromatic rings. The van der Waals surface area contributed by atoms with E-state index in [9.17, 15) is 4.79 Å². The molecule has 0 heterocycles. The average molecular weight is 320 g/mol. The van der Waals surface area contributed by atoms with Crippen LogP contribution in [0.5, 0.6) is 0 Å². The molecule has 0 bridgehead atoms. The van der Waals surface area contributed by atoms with Gasteiger partial charge in [-0.05, 0) is 41.7 Å². The third-order valence-corrected chi connectivity index (χ3v) is 3.66. The number of amides is 1. The second-order valence-electron chi connectivity index (χ2n) is 6.77. The zero-order chi connectivity index (χ0) is 17.6. The van der Waals surface area contributed by atoms with Crippen LogP contribution in [0.2, 0.25) is 0 Å². The fourth-order valence-electron chi connectivity index (χ4n) is 2.14. The number of hydrazone groups is 1. The number of hydrogen-bond donors (Lipinski definition) is 1. The van der Waals surface area contributed by atoms with E-state index in [2.05, 4.69) is 31.3 Å². The minimum absolute atomic E-state index is 0.0754. The van der Waals surface area contributed by atoms with Gasteiger partial charge in [-0.3, -0.25) is 4.79 Å². The van der Waals surface area contributed by atoms with E-state index in [0.717, 1.165) is 11.3 Å². The largest absolute Gasteiger partial charge is 0.271 e. The molecule has 2 aromatic carbocycles. The van der Waals surface area contributed by atoms with Crippen molar-refractivity contribution in [2.75, 3.05) is 0 Å². The molecule has 0 saturated heterocycles. The lowest BCUT2D eigenvalue weighted by Gasteiger charge is -2.18. The van der Waals surface area contributed by atoms with Crippen molar-refractivity contribution in [1.82, 2.24) is 5.43 Å². The molecule has 124 valence electrons. The highest BCUT2D eigenvalue weighted by atomic mass is 16.2. The van der Waals surface area contributed by atoms with Crippen molar-refractivity contribution in [3.63, 3.8) is 0 Å². The molecule has 0 aliphatic carbocycles. The first-order valence-corrected chi connectivity index (χ1v) is 8.04. The van der Waals surface area contributed by atoms with Crippen LogP contribution >= 0.6 is 0 Å². The summed E-state index contributed by atoms with van der Waals surface area (Å²) in [7, 11) is 0. The molecular formula is C21H24N2O. The highest BCUT2D eigenvalue weighted by Gasteiger charge is 2.14. The van der Waals surface area contributed by atoms with Gasteiger partial charge in [-0.2, -0.15) is 5.10 Å². The lowest BCUT2D eigenvalue weighted by atomic mass is 9.87. The molecule has 3 heteroatoms. The van der Waals surface area contributed by atoms with Gasteiger partial charge >= 0.3 is 0 Å². The summed E-state index contributed by atoms with van der Waals surface area (Å²) in [5, 5.41) is 4.12. The molecule has 0 aliphatic rings. The second kappa shape index (κ2) is 7.73. The molecule has 0 atom stereocenters. The van der Waals surface area contributed by atoms with E-state index in [1.165, 1.54) is 5.56 Å². The Morgan fingerprint density at radius 3 is 2.21 bits per heavy atom. The second-order valence-corrected chi connectivity index (χ2v) is 6.77. The van der Waals surface area contributed by atoms with Gasteiger partial charge in [0.15, 0.2) is 0 Å². The molecule has 0 aromatic heterocycles. The Kier molecular flexibility index (Phi) is 5.69. The Balaban J connectivity index is 1.98. The molecule has 0 saturated carbocycles. The van der Waals surface area contributed by atoms with E-state index in [-0.39, 0.29) is 11.3 Å². The van der Waals surface area contributed by atoms with Crippen LogP contribution in [0, 0.1) is 0 Å². The van der Waals surface area contributed by atoms with Crippen molar-refractivity contribution >= 4 is 17.7 Å². The van der Waals surface area contributed by atoms with Crippen LogP contribution in [0.3, 0.4) is 0 Å². The van der Waals surface area contributed by atoms with Crippen molar-refractivity contribution in [2.45, 2.75) is 33.1 Å². The maximum Gasteiger partial charge on any atom is 0.271 e. The fourth-order valence-corrected chi connectivity index (χ4v) is 2.14. The first-order chi connectivity index (χ1) is 11.4. The van der Waals surface area contributed by atoms with Gasteiger partial charge in [0.1, 0.15) is 0 Å². The SMILES string of the molecule is CC(C=Cc1ccccc1)=NNC(=O)c1ccc(C(C)(C)C)cc1. The van der Waals surface area contributed by atoms with Crippen LogP contribution in [0.1, 0.15) is 49.2 Å². The number of rotatable bonds is 4. The van der Waals surface area contributed by atoms with Gasteiger partial charge in [-0.25, -0.2) is 5.43 Å². The first-order valence-electron chi connectivity index (χ1n) is 8.04. The van der Waals surface area contributed by atoms with Gasteiger partial charge in [0, 0.05) is 5.56 Å². The van der Waals surface area contributed by atoms with Gasteiger partial charge in [0.25, 0.3) is 5.91 Å². The molecule has 3 nitrogen and oxygen atoms in total. The van der Waals surface area contributed by atoms with E-state index in [1.807, 2.05) is 73.7 Å². The molecule has 0 radical (unpaired) electrons. The van der Waals surface area contributed by atoms with E-state index >= 15 is 0 Å². The summed E-state index contributed by atoms with van der Waals surface area (Å²) >= 11 is 0. The molecule has 24 heavy (non-hydrogen) atoms. The highest BCUT2D eigenvalue weighted by Crippen LogP contribution is 2.22. The predicted molar refractivity (Wildman–Crippen MR) is 101 cm³/mol. The van der Waals surface area contributed by atoms with Crippen LogP contribution in [-0.2, 0) is 5.41 Å². The molecule has 2 rings (SSSR count). The maximum atomic E-state index is 12.1. The molecule has 0 fully saturated rings. The summed E-state index contributed by atoms with van der Waals surface area (Å²) < 4.78 is 0. The topological polar surface area (TPSA) is 41.5 Å². The van der Waals surface area contributed by atoms with Crippen LogP contribution in [0.25, 0.3) is 6.08 Å². The Morgan fingerprint density at radius 1 is 1.00 bits per heavy atom. The average Bonchev–Trinajstić information content (AvgIpc) is 2.58. The molecule has 1 N–H and O–H groups in total. The normalized spacial score (nSPS) is 12.4. The number of hydrogen-bond acceptors (Lipinski definition) is 2. The van der Waals surface area contributed by atoms with Crippen molar-refractivity contribution in [3.05, 3.63) is 77.4 Å². The van der Waals surface area contributed by atoms with Crippen LogP contribution < -0.4 is 5.43 Å². The lowest BCUT2D eigenvalue weighted by molar-refractivity contribution is 0.0955. The Morgan fingerprint density at radius 2 is 1.62 bits per heavy atom. The number of carbonyl (C=O) groups is 1. The van der Waals surface area contributed by atoms with Gasteiger partial charge in [0.2, 0.25) is 0 Å². The van der Waals surface area contributed by atoms with E-state index < -0.39 is 0 Å². The molecule has 0 unspecified atom stereocenters. The quantitative estimate of drug-likeness (QED) is 0.638. The molecule has 0 spiro atoms. The maximum absolute atomic E-state index is 12.1. The lowest BCUT2D eigenvalue weighted by Crippen LogP contribution is -2.19. The number of nitrogens with one attached hydrogen (secondary N) is 1. The first kappa shape index (κ1) is 17.7. The van der Waals surface area contributed by atoms with Crippen LogP contribution in [0.4, 0.5) is 0 Å². The minimum atomic E-state index is -0.206. The predicted octanol–water partition coefficient (Wildman–Crippen LogP) is 4.80. The Bertz CT molecular complexity index is 736. The van der Waals surface area contributed by atoms with Gasteiger partial charge in [0.05, 0.1) is 5.71 Å². The third-order valence-electron chi connectivity index (χ3n) is 3.66. The molecule has 0 aliphatic heterocycles. The van der Waals surface area contributed by atoms with Gasteiger partial charge in [-0.1, -0.05) is 69.3 Å². The van der Waals surface area contributed by atoms with Crippen LogP contribution in [-0.4, -0.2) is 11.6 Å². The molecule has 1 amide bonds. The number of benzene rings is 2. The third kappa shape index (κ3) is 5.20. The standard InChI is InChI=1S/C21H24N2O/c1-16(10-11-17-8-6-5-7-9-17)22-23-20(24)18-12-14-19(15-13-18)21(2,3)4/h5-15H,1-4H3,(H,23,24). The van der Waals surface area contributed by atoms with E-state index in [0.29, 0.717) is 5.56 Å². The van der Waals surface area contributed by atoms with Crippen LogP contribution in [0.15, 0.2) is 65.8 Å². The van der Waals surface area contributed by atoms with E-state index in [4.69, 9.17) is 0 Å². The summed E-state index contributed by atoms with van der Waals surface area (Å²) in [6.45, 7) is 8.29. The summed E-state index contributed by atoms with van der Waals surface area (Å²) in [6.07, 6.45) is 3.83. The van der Waals surface area contributed by atoms with Gasteiger partial charge in [-0.15, -0.1) is 0 Å². The van der Waals surface area contributed by atoms with Crippen molar-refractivity contribution < 1.29 is 4.79 Å². The van der Waals surface area contributed by atoms with Crippen molar-refractivity contribution in [3.8, 4) is 0 Å². The van der Waals surface area contributed by atoms with Crippen molar-refractivity contribution in [2.24, 2.45) is 5.10 Å². The zero-order valence-corrected chi connectivity index (χ0v) is 14.7. The highest BCUT2D eigenvalue weighted by molar-refractivity contribution is 5.99. The monoisotopic (exact) mass is 320 g/mol. The number of carbonyl (C=O) groups excluding carboxylic acids is 1. The summed E-state index contributed by atoms with van der Waals surface area (Å²) in [5.41, 5.74) is 6.30. The summed E-state index contributed by atoms with van der Waals surface area (Å²) in [4.78, 5) is 12.1. The van der Waals surface area contributed by atoms with Gasteiger partial charge < -0.3 is 0 Å². The van der Waals surface area contributed by atoms with Crippen molar-refractivity contribution in [1.29, 1.82) is 0 Å². The Labute approximate surface area is 144 Å². The minimum Gasteiger partial charge on any atom is -0.267 e.